The van der Waals surface area contributed by atoms with Crippen molar-refractivity contribution in [2.75, 3.05) is 19.6 Å². The predicted octanol–water partition coefficient (Wildman–Crippen LogP) is 4.57. The van der Waals surface area contributed by atoms with Gasteiger partial charge in [0.25, 0.3) is 0 Å². The van der Waals surface area contributed by atoms with E-state index in [0.29, 0.717) is 6.54 Å². The van der Waals surface area contributed by atoms with Crippen LogP contribution in [0.4, 0.5) is 0 Å². The molecule has 2 heterocycles. The highest BCUT2D eigenvalue weighted by Crippen LogP contribution is 2.47. The summed E-state index contributed by atoms with van der Waals surface area (Å²) in [6.07, 6.45) is 2.12. The van der Waals surface area contributed by atoms with Crippen molar-refractivity contribution in [1.82, 2.24) is 4.90 Å². The highest BCUT2D eigenvalue weighted by atomic mass is 32.2. The summed E-state index contributed by atoms with van der Waals surface area (Å²) in [5.74, 6) is 0. The van der Waals surface area contributed by atoms with E-state index in [2.05, 4.69) is 59.5 Å². The van der Waals surface area contributed by atoms with Crippen LogP contribution in [0.5, 0.6) is 0 Å². The van der Waals surface area contributed by atoms with Gasteiger partial charge in [-0.2, -0.15) is 5.26 Å². The van der Waals surface area contributed by atoms with Crippen molar-refractivity contribution in [3.05, 3.63) is 65.2 Å². The monoisotopic (exact) mass is 318 g/mol. The van der Waals surface area contributed by atoms with Gasteiger partial charge >= 0.3 is 0 Å². The van der Waals surface area contributed by atoms with Crippen LogP contribution in [0.3, 0.4) is 0 Å². The first kappa shape index (κ1) is 14.6. The van der Waals surface area contributed by atoms with Gasteiger partial charge in [-0.25, -0.2) is 0 Å². The summed E-state index contributed by atoms with van der Waals surface area (Å²) in [4.78, 5) is 4.96. The average molecular weight is 318 g/mol. The summed E-state index contributed by atoms with van der Waals surface area (Å²) < 4.78 is 0. The first-order chi connectivity index (χ1) is 11.4. The number of nitrogens with zero attached hydrogens (tertiary/aromatic N) is 2. The fourth-order valence-corrected chi connectivity index (χ4v) is 4.59. The summed E-state index contributed by atoms with van der Waals surface area (Å²) in [7, 11) is 0. The van der Waals surface area contributed by atoms with Crippen molar-refractivity contribution in [1.29, 1.82) is 5.26 Å². The molecule has 1 fully saturated rings. The van der Waals surface area contributed by atoms with Gasteiger partial charge in [0.05, 0.1) is 12.6 Å². The maximum atomic E-state index is 8.89. The molecule has 0 unspecified atom stereocenters. The predicted molar refractivity (Wildman–Crippen MR) is 94.3 cm³/mol. The molecule has 0 aliphatic carbocycles. The zero-order chi connectivity index (χ0) is 15.6. The van der Waals surface area contributed by atoms with Crippen LogP contribution in [0.1, 0.15) is 24.0 Å². The van der Waals surface area contributed by atoms with Gasteiger partial charge in [0.15, 0.2) is 0 Å². The fraction of sp³-hybridized carbons (Fsp3) is 0.250. The van der Waals surface area contributed by atoms with Gasteiger partial charge in [0.1, 0.15) is 0 Å². The Morgan fingerprint density at radius 1 is 0.913 bits per heavy atom. The second-order valence-electron chi connectivity index (χ2n) is 6.01. The van der Waals surface area contributed by atoms with Crippen LogP contribution < -0.4 is 0 Å². The second kappa shape index (κ2) is 6.23. The van der Waals surface area contributed by atoms with E-state index >= 15 is 0 Å². The number of likely N-dealkylation sites (tertiary alicyclic amines) is 1. The Kier molecular flexibility index (Phi) is 3.95. The maximum Gasteiger partial charge on any atom is 0.0866 e. The minimum atomic E-state index is 0.547. The first-order valence-electron chi connectivity index (χ1n) is 8.05. The second-order valence-corrected chi connectivity index (χ2v) is 7.09. The van der Waals surface area contributed by atoms with E-state index in [1.54, 1.807) is 5.57 Å². The Labute approximate surface area is 141 Å². The van der Waals surface area contributed by atoms with Crippen molar-refractivity contribution in [2.24, 2.45) is 0 Å². The summed E-state index contributed by atoms with van der Waals surface area (Å²) in [6.45, 7) is 2.53. The van der Waals surface area contributed by atoms with Crippen molar-refractivity contribution in [3.8, 4) is 6.07 Å². The standard InChI is InChI=1S/C20H18N2S/c21-11-14-22-12-9-15(10-13-22)20-16-5-1-3-7-18(16)23-19-8-4-2-6-17(19)20/h1-8H,9-10,12-14H2. The van der Waals surface area contributed by atoms with E-state index in [9.17, 15) is 0 Å². The number of fused-ring (bicyclic) bond motifs is 2. The summed E-state index contributed by atoms with van der Waals surface area (Å²) in [5.41, 5.74) is 5.73. The molecule has 3 heteroatoms. The highest BCUT2D eigenvalue weighted by Gasteiger charge is 2.25. The number of piperidine rings is 1. The molecule has 4 rings (SSSR count). The minimum Gasteiger partial charge on any atom is -0.290 e. The van der Waals surface area contributed by atoms with Crippen LogP contribution in [0.25, 0.3) is 5.57 Å². The molecule has 2 nitrogen and oxygen atoms in total. The third kappa shape index (κ3) is 2.69. The van der Waals surface area contributed by atoms with E-state index < -0.39 is 0 Å². The molecule has 0 spiro atoms. The molecule has 0 radical (unpaired) electrons. The molecule has 23 heavy (non-hydrogen) atoms. The van der Waals surface area contributed by atoms with E-state index in [1.807, 2.05) is 11.8 Å². The third-order valence-corrected chi connectivity index (χ3v) is 5.79. The lowest BCUT2D eigenvalue weighted by Gasteiger charge is -2.30. The number of nitriles is 1. The largest absolute Gasteiger partial charge is 0.290 e. The molecule has 0 amide bonds. The molecule has 2 aromatic carbocycles. The normalized spacial score (nSPS) is 17.3. The van der Waals surface area contributed by atoms with Gasteiger partial charge in [0.2, 0.25) is 0 Å². The van der Waals surface area contributed by atoms with Crippen molar-refractivity contribution in [2.45, 2.75) is 22.6 Å². The molecule has 2 aliphatic rings. The molecule has 0 aromatic heterocycles. The van der Waals surface area contributed by atoms with Gasteiger partial charge in [0, 0.05) is 22.9 Å². The Hall–Kier alpha value is -2.02. The third-order valence-electron chi connectivity index (χ3n) is 4.64. The fourth-order valence-electron chi connectivity index (χ4n) is 3.50. The lowest BCUT2D eigenvalue weighted by molar-refractivity contribution is 0.286. The average Bonchev–Trinajstić information content (AvgIpc) is 2.61. The van der Waals surface area contributed by atoms with Gasteiger partial charge in [-0.1, -0.05) is 53.7 Å². The zero-order valence-corrected chi connectivity index (χ0v) is 13.8. The van der Waals surface area contributed by atoms with E-state index in [-0.39, 0.29) is 0 Å². The van der Waals surface area contributed by atoms with Crippen LogP contribution in [-0.4, -0.2) is 24.5 Å². The van der Waals surface area contributed by atoms with Crippen LogP contribution >= 0.6 is 11.8 Å². The number of benzene rings is 2. The number of hydrogen-bond acceptors (Lipinski definition) is 3. The van der Waals surface area contributed by atoms with E-state index in [0.717, 1.165) is 25.9 Å². The minimum absolute atomic E-state index is 0.547. The van der Waals surface area contributed by atoms with E-state index in [4.69, 9.17) is 5.26 Å². The molecule has 1 saturated heterocycles. The highest BCUT2D eigenvalue weighted by molar-refractivity contribution is 7.99. The molecule has 2 aliphatic heterocycles. The molecular formula is C20H18N2S. The van der Waals surface area contributed by atoms with Crippen molar-refractivity contribution < 1.29 is 0 Å². The topological polar surface area (TPSA) is 27.0 Å². The molecule has 0 atom stereocenters. The molecule has 114 valence electrons. The van der Waals surface area contributed by atoms with Crippen molar-refractivity contribution >= 4 is 17.3 Å². The molecule has 2 aromatic rings. The van der Waals surface area contributed by atoms with Gasteiger partial charge in [-0.15, -0.1) is 0 Å². The number of rotatable bonds is 1. The Morgan fingerprint density at radius 2 is 1.48 bits per heavy atom. The van der Waals surface area contributed by atoms with Gasteiger partial charge < -0.3 is 0 Å². The zero-order valence-electron chi connectivity index (χ0n) is 13.0. The van der Waals surface area contributed by atoms with Crippen molar-refractivity contribution in [3.63, 3.8) is 0 Å². The SMILES string of the molecule is N#CCN1CCC(=C2c3ccccc3Sc3ccccc32)CC1. The van der Waals surface area contributed by atoms with Crippen LogP contribution in [-0.2, 0) is 0 Å². The van der Waals surface area contributed by atoms with Crippen LogP contribution in [0, 0.1) is 11.3 Å². The number of hydrogen-bond donors (Lipinski definition) is 0. The first-order valence-corrected chi connectivity index (χ1v) is 8.86. The summed E-state index contributed by atoms with van der Waals surface area (Å²) in [5, 5.41) is 8.89. The molecule has 0 bridgehead atoms. The Balaban J connectivity index is 1.79. The molecule has 0 N–H and O–H groups in total. The van der Waals surface area contributed by atoms with Gasteiger partial charge in [-0.05, 0) is 41.7 Å². The van der Waals surface area contributed by atoms with Crippen LogP contribution in [0.15, 0.2) is 63.9 Å². The van der Waals surface area contributed by atoms with Crippen LogP contribution in [0.2, 0.25) is 0 Å². The molecular weight excluding hydrogens is 300 g/mol. The Bertz CT molecular complexity index is 759. The van der Waals surface area contributed by atoms with E-state index in [1.165, 1.54) is 26.5 Å². The lowest BCUT2D eigenvalue weighted by atomic mass is 9.88. The molecule has 0 saturated carbocycles. The lowest BCUT2D eigenvalue weighted by Crippen LogP contribution is -2.31. The van der Waals surface area contributed by atoms with Gasteiger partial charge in [-0.3, -0.25) is 4.90 Å². The quantitative estimate of drug-likeness (QED) is 0.615. The summed E-state index contributed by atoms with van der Waals surface area (Å²) in [6, 6.07) is 19.7. The smallest absolute Gasteiger partial charge is 0.0866 e. The Morgan fingerprint density at radius 3 is 2.04 bits per heavy atom. The maximum absolute atomic E-state index is 8.89. The summed E-state index contributed by atoms with van der Waals surface area (Å²) >= 11 is 1.87.